The molecule has 3 heterocycles. The molecule has 2 bridgehead atoms. The minimum Gasteiger partial charge on any atom is -0.311 e. The third-order valence-corrected chi connectivity index (χ3v) is 4.47. The molecule has 0 amide bonds. The number of pyridine rings is 1. The minimum atomic E-state index is -4.51. The number of fused-ring (bicyclic) bond motifs is 2. The van der Waals surface area contributed by atoms with Gasteiger partial charge in [0.2, 0.25) is 0 Å². The van der Waals surface area contributed by atoms with Gasteiger partial charge in [0.25, 0.3) is 0 Å². The lowest BCUT2D eigenvalue weighted by Gasteiger charge is -2.28. The summed E-state index contributed by atoms with van der Waals surface area (Å²) in [5.41, 5.74) is -1.17. The van der Waals surface area contributed by atoms with Gasteiger partial charge in [0.15, 0.2) is 5.78 Å². The number of hydrogen-bond donors (Lipinski definition) is 1. The molecule has 2 atom stereocenters. The van der Waals surface area contributed by atoms with E-state index in [1.807, 2.05) is 0 Å². The molecule has 2 unspecified atom stereocenters. The first-order valence-corrected chi connectivity index (χ1v) is 7.24. The van der Waals surface area contributed by atoms with Crippen LogP contribution in [-0.4, -0.2) is 22.9 Å². The van der Waals surface area contributed by atoms with Crippen molar-refractivity contribution in [2.45, 2.75) is 50.4 Å². The van der Waals surface area contributed by atoms with E-state index in [9.17, 15) is 18.0 Å². The van der Waals surface area contributed by atoms with Crippen molar-refractivity contribution in [2.24, 2.45) is 5.92 Å². The Kier molecular flexibility index (Phi) is 3.73. The molecule has 3 nitrogen and oxygen atoms in total. The lowest BCUT2D eigenvalue weighted by atomic mass is 9.86. The van der Waals surface area contributed by atoms with Crippen LogP contribution >= 0.6 is 0 Å². The van der Waals surface area contributed by atoms with E-state index in [0.29, 0.717) is 12.1 Å². The molecule has 21 heavy (non-hydrogen) atoms. The van der Waals surface area contributed by atoms with Gasteiger partial charge in [-0.15, -0.1) is 0 Å². The standard InChI is InChI=1S/C15H17F3N2O/c16-15(17,18)13-3-4-19-8-12(13)14(21)7-9-5-10-1-2-11(6-9)20-10/h3-4,8-11,20H,1-2,5-7H2. The molecule has 0 aliphatic carbocycles. The number of alkyl halides is 3. The zero-order valence-electron chi connectivity index (χ0n) is 11.5. The predicted octanol–water partition coefficient (Wildman–Crippen LogP) is 3.20. The van der Waals surface area contributed by atoms with Crippen LogP contribution in [-0.2, 0) is 6.18 Å². The number of carbonyl (C=O) groups is 1. The molecular formula is C15H17F3N2O. The highest BCUT2D eigenvalue weighted by atomic mass is 19.4. The van der Waals surface area contributed by atoms with E-state index in [1.165, 1.54) is 0 Å². The van der Waals surface area contributed by atoms with E-state index in [2.05, 4.69) is 10.3 Å². The van der Waals surface area contributed by atoms with Crippen molar-refractivity contribution >= 4 is 5.78 Å². The van der Waals surface area contributed by atoms with Crippen LogP contribution in [0.25, 0.3) is 0 Å². The van der Waals surface area contributed by atoms with Crippen LogP contribution in [0.5, 0.6) is 0 Å². The molecule has 0 saturated carbocycles. The van der Waals surface area contributed by atoms with Crippen LogP contribution in [0, 0.1) is 5.92 Å². The Morgan fingerprint density at radius 2 is 1.95 bits per heavy atom. The number of hydrogen-bond acceptors (Lipinski definition) is 3. The number of carbonyl (C=O) groups excluding carboxylic acids is 1. The molecule has 2 saturated heterocycles. The topological polar surface area (TPSA) is 42.0 Å². The van der Waals surface area contributed by atoms with Gasteiger partial charge in [-0.25, -0.2) is 0 Å². The van der Waals surface area contributed by atoms with Crippen molar-refractivity contribution in [2.75, 3.05) is 0 Å². The molecule has 114 valence electrons. The van der Waals surface area contributed by atoms with Gasteiger partial charge >= 0.3 is 6.18 Å². The summed E-state index contributed by atoms with van der Waals surface area (Å²) >= 11 is 0. The van der Waals surface area contributed by atoms with E-state index in [0.717, 1.165) is 44.1 Å². The Morgan fingerprint density at radius 1 is 1.29 bits per heavy atom. The van der Waals surface area contributed by atoms with Crippen LogP contribution in [0.2, 0.25) is 0 Å². The number of nitrogens with one attached hydrogen (secondary N) is 1. The van der Waals surface area contributed by atoms with Gasteiger partial charge in [-0.05, 0) is 37.7 Å². The summed E-state index contributed by atoms with van der Waals surface area (Å²) < 4.78 is 38.8. The quantitative estimate of drug-likeness (QED) is 0.871. The smallest absolute Gasteiger partial charge is 0.311 e. The van der Waals surface area contributed by atoms with Crippen LogP contribution in [0.4, 0.5) is 13.2 Å². The fraction of sp³-hybridized carbons (Fsp3) is 0.600. The molecule has 2 aliphatic heterocycles. The van der Waals surface area contributed by atoms with Gasteiger partial charge in [0.1, 0.15) is 0 Å². The Bertz CT molecular complexity index is 532. The van der Waals surface area contributed by atoms with E-state index >= 15 is 0 Å². The molecule has 3 rings (SSSR count). The maximum absolute atomic E-state index is 12.9. The Hall–Kier alpha value is -1.43. The Labute approximate surface area is 120 Å². The van der Waals surface area contributed by atoms with Crippen LogP contribution in [0.3, 0.4) is 0 Å². The van der Waals surface area contributed by atoms with Gasteiger partial charge in [-0.1, -0.05) is 0 Å². The predicted molar refractivity (Wildman–Crippen MR) is 70.9 cm³/mol. The minimum absolute atomic E-state index is 0.178. The zero-order valence-corrected chi connectivity index (χ0v) is 11.5. The van der Waals surface area contributed by atoms with Gasteiger partial charge in [0, 0.05) is 36.5 Å². The summed E-state index contributed by atoms with van der Waals surface area (Å²) in [6, 6.07) is 1.73. The highest BCUT2D eigenvalue weighted by molar-refractivity contribution is 5.97. The number of halogens is 3. The molecule has 2 fully saturated rings. The van der Waals surface area contributed by atoms with Crippen molar-refractivity contribution in [3.05, 3.63) is 29.6 Å². The molecule has 1 aromatic rings. The van der Waals surface area contributed by atoms with Crippen molar-refractivity contribution in [3.63, 3.8) is 0 Å². The van der Waals surface area contributed by atoms with Crippen molar-refractivity contribution in [3.8, 4) is 0 Å². The fourth-order valence-corrected chi connectivity index (χ4v) is 3.58. The van der Waals surface area contributed by atoms with E-state index < -0.39 is 17.5 Å². The molecule has 1 aromatic heterocycles. The SMILES string of the molecule is O=C(CC1CC2CCC(C1)N2)c1cnccc1C(F)(F)F. The number of aromatic nitrogens is 1. The summed E-state index contributed by atoms with van der Waals surface area (Å²) in [5, 5.41) is 3.47. The van der Waals surface area contributed by atoms with Crippen molar-refractivity contribution in [1.29, 1.82) is 0 Å². The van der Waals surface area contributed by atoms with Crippen molar-refractivity contribution < 1.29 is 18.0 Å². The molecule has 1 N–H and O–H groups in total. The lowest BCUT2D eigenvalue weighted by Crippen LogP contribution is -2.38. The summed E-state index contributed by atoms with van der Waals surface area (Å²) in [5.74, 6) is -0.265. The zero-order chi connectivity index (χ0) is 15.0. The molecule has 0 spiro atoms. The first-order valence-electron chi connectivity index (χ1n) is 7.24. The highest BCUT2D eigenvalue weighted by Crippen LogP contribution is 2.35. The lowest BCUT2D eigenvalue weighted by molar-refractivity contribution is -0.138. The monoisotopic (exact) mass is 298 g/mol. The van der Waals surface area contributed by atoms with Gasteiger partial charge < -0.3 is 5.32 Å². The van der Waals surface area contributed by atoms with Crippen LogP contribution in [0.1, 0.15) is 48.0 Å². The molecule has 2 aliphatic rings. The molecular weight excluding hydrogens is 281 g/mol. The second kappa shape index (κ2) is 5.40. The van der Waals surface area contributed by atoms with Crippen molar-refractivity contribution in [1.82, 2.24) is 10.3 Å². The first-order chi connectivity index (χ1) is 9.93. The van der Waals surface area contributed by atoms with Gasteiger partial charge in [0.05, 0.1) is 5.56 Å². The third-order valence-electron chi connectivity index (χ3n) is 4.47. The Morgan fingerprint density at radius 3 is 2.57 bits per heavy atom. The average Bonchev–Trinajstić information content (AvgIpc) is 2.77. The first kappa shape index (κ1) is 14.5. The molecule has 0 radical (unpaired) electrons. The number of ketones is 1. The maximum atomic E-state index is 12.9. The second-order valence-corrected chi connectivity index (χ2v) is 6.02. The summed E-state index contributed by atoms with van der Waals surface area (Å²) in [7, 11) is 0. The van der Waals surface area contributed by atoms with E-state index in [1.54, 1.807) is 0 Å². The summed E-state index contributed by atoms with van der Waals surface area (Å²) in [6.07, 6.45) is 1.76. The van der Waals surface area contributed by atoms with Gasteiger partial charge in [-0.3, -0.25) is 9.78 Å². The number of Topliss-reactive ketones (excluding diaryl/α,β-unsaturated/α-hetero) is 1. The molecule has 6 heteroatoms. The Balaban J connectivity index is 1.74. The van der Waals surface area contributed by atoms with Crippen LogP contribution < -0.4 is 5.32 Å². The largest absolute Gasteiger partial charge is 0.417 e. The van der Waals surface area contributed by atoms with E-state index in [-0.39, 0.29) is 17.9 Å². The van der Waals surface area contributed by atoms with Gasteiger partial charge in [-0.2, -0.15) is 13.2 Å². The molecule has 0 aromatic carbocycles. The number of nitrogens with zero attached hydrogens (tertiary/aromatic N) is 1. The fourth-order valence-electron chi connectivity index (χ4n) is 3.58. The van der Waals surface area contributed by atoms with E-state index in [4.69, 9.17) is 0 Å². The maximum Gasteiger partial charge on any atom is 0.417 e. The average molecular weight is 298 g/mol. The normalized spacial score (nSPS) is 28.6. The number of piperidine rings is 1. The highest BCUT2D eigenvalue weighted by Gasteiger charge is 2.37. The summed E-state index contributed by atoms with van der Waals surface area (Å²) in [4.78, 5) is 15.9. The second-order valence-electron chi connectivity index (χ2n) is 6.02. The van der Waals surface area contributed by atoms with Crippen LogP contribution in [0.15, 0.2) is 18.5 Å². The third kappa shape index (κ3) is 3.10. The summed E-state index contributed by atoms with van der Waals surface area (Å²) in [6.45, 7) is 0. The number of rotatable bonds is 3.